The van der Waals surface area contributed by atoms with Crippen LogP contribution in [0, 0.1) is 5.92 Å². The number of hydrogen-bond donors (Lipinski definition) is 3. The third-order valence-corrected chi connectivity index (χ3v) is 5.66. The molecule has 1 atom stereocenters. The molecule has 2 saturated heterocycles. The topological polar surface area (TPSA) is 105 Å². The molecule has 0 bridgehead atoms. The Hall–Kier alpha value is -2.35. The summed E-state index contributed by atoms with van der Waals surface area (Å²) in [5, 5.41) is 6.74. The van der Waals surface area contributed by atoms with E-state index < -0.39 is 0 Å². The number of ether oxygens (including phenoxy) is 1. The van der Waals surface area contributed by atoms with Crippen molar-refractivity contribution in [2.75, 3.05) is 38.2 Å². The van der Waals surface area contributed by atoms with E-state index in [4.69, 9.17) is 10.5 Å². The van der Waals surface area contributed by atoms with Crippen LogP contribution >= 0.6 is 0 Å². The van der Waals surface area contributed by atoms with Gasteiger partial charge in [0.05, 0.1) is 5.60 Å². The van der Waals surface area contributed by atoms with Crippen LogP contribution in [0.25, 0.3) is 0 Å². The molecule has 4 N–H and O–H groups in total. The van der Waals surface area contributed by atoms with Crippen molar-refractivity contribution in [3.05, 3.63) is 23.9 Å². The Morgan fingerprint density at radius 1 is 1.43 bits per heavy atom. The molecule has 1 aromatic heterocycles. The van der Waals surface area contributed by atoms with Gasteiger partial charge in [0, 0.05) is 57.5 Å². The van der Waals surface area contributed by atoms with Crippen LogP contribution in [0.3, 0.4) is 0 Å². The van der Waals surface area contributed by atoms with Crippen LogP contribution in [-0.4, -0.2) is 55.7 Å². The standard InChI is InChI=1S/C20H32N6O2/c1-20(8-4-12-28-20)14-25-19(22-2)24-13-16-5-3-9-23-18(16)26-10-6-15(7-11-26)17(21)27/h3,5,9,15H,4,6-8,10-14H2,1-2H3,(H2,21,27)(H2,22,24,25). The van der Waals surface area contributed by atoms with Crippen LogP contribution in [-0.2, 0) is 16.1 Å². The maximum absolute atomic E-state index is 11.4. The summed E-state index contributed by atoms with van der Waals surface area (Å²) in [6.07, 6.45) is 5.53. The number of pyridine rings is 1. The van der Waals surface area contributed by atoms with Crippen molar-refractivity contribution in [1.29, 1.82) is 0 Å². The normalized spacial score (nSPS) is 23.6. The van der Waals surface area contributed by atoms with E-state index in [9.17, 15) is 4.79 Å². The van der Waals surface area contributed by atoms with E-state index in [1.54, 1.807) is 7.05 Å². The van der Waals surface area contributed by atoms with Gasteiger partial charge in [0.1, 0.15) is 5.82 Å². The quantitative estimate of drug-likeness (QED) is 0.496. The number of nitrogens with zero attached hydrogens (tertiary/aromatic N) is 3. The molecule has 8 nitrogen and oxygen atoms in total. The third kappa shape index (κ3) is 5.13. The summed E-state index contributed by atoms with van der Waals surface area (Å²) in [6, 6.07) is 4.02. The number of primary amides is 1. The van der Waals surface area contributed by atoms with Crippen molar-refractivity contribution in [3.8, 4) is 0 Å². The van der Waals surface area contributed by atoms with Gasteiger partial charge >= 0.3 is 0 Å². The first-order chi connectivity index (χ1) is 13.5. The first kappa shape index (κ1) is 20.4. The number of anilines is 1. The molecule has 1 amide bonds. The number of nitrogens with one attached hydrogen (secondary N) is 2. The minimum Gasteiger partial charge on any atom is -0.373 e. The second-order valence-electron chi connectivity index (χ2n) is 7.83. The van der Waals surface area contributed by atoms with Gasteiger partial charge in [-0.3, -0.25) is 9.79 Å². The van der Waals surface area contributed by atoms with Gasteiger partial charge in [0.2, 0.25) is 5.91 Å². The summed E-state index contributed by atoms with van der Waals surface area (Å²) in [4.78, 5) is 22.5. The number of aliphatic imine (C=N–C) groups is 1. The van der Waals surface area contributed by atoms with Crippen LogP contribution in [0.15, 0.2) is 23.3 Å². The fourth-order valence-electron chi connectivity index (χ4n) is 3.88. The Balaban J connectivity index is 1.56. The number of carbonyl (C=O) groups is 1. The third-order valence-electron chi connectivity index (χ3n) is 5.66. The fourth-order valence-corrected chi connectivity index (χ4v) is 3.88. The maximum atomic E-state index is 11.4. The van der Waals surface area contributed by atoms with E-state index in [1.165, 1.54) is 0 Å². The Labute approximate surface area is 166 Å². The van der Waals surface area contributed by atoms with Crippen LogP contribution < -0.4 is 21.3 Å². The van der Waals surface area contributed by atoms with E-state index in [1.807, 2.05) is 12.3 Å². The molecule has 2 fully saturated rings. The lowest BCUT2D eigenvalue weighted by molar-refractivity contribution is -0.122. The predicted molar refractivity (Wildman–Crippen MR) is 110 cm³/mol. The highest BCUT2D eigenvalue weighted by Gasteiger charge is 2.30. The summed E-state index contributed by atoms with van der Waals surface area (Å²) in [7, 11) is 1.77. The van der Waals surface area contributed by atoms with Gasteiger partial charge in [-0.1, -0.05) is 6.07 Å². The molecular formula is C20H32N6O2. The molecule has 0 radical (unpaired) electrons. The zero-order chi connectivity index (χ0) is 20.0. The average molecular weight is 389 g/mol. The molecule has 0 saturated carbocycles. The molecule has 154 valence electrons. The highest BCUT2D eigenvalue weighted by atomic mass is 16.5. The fraction of sp³-hybridized carbons (Fsp3) is 0.650. The lowest BCUT2D eigenvalue weighted by atomic mass is 9.96. The molecular weight excluding hydrogens is 356 g/mol. The molecule has 1 aromatic rings. The van der Waals surface area contributed by atoms with Crippen molar-refractivity contribution in [3.63, 3.8) is 0 Å². The first-order valence-electron chi connectivity index (χ1n) is 10.1. The number of guanidine groups is 1. The zero-order valence-electron chi connectivity index (χ0n) is 16.9. The van der Waals surface area contributed by atoms with Gasteiger partial charge in [-0.15, -0.1) is 0 Å². The first-order valence-corrected chi connectivity index (χ1v) is 10.1. The van der Waals surface area contributed by atoms with E-state index in [2.05, 4.69) is 38.5 Å². The van der Waals surface area contributed by atoms with Crippen molar-refractivity contribution in [1.82, 2.24) is 15.6 Å². The van der Waals surface area contributed by atoms with E-state index in [0.717, 1.165) is 69.3 Å². The minimum absolute atomic E-state index is 0.0243. The second kappa shape index (κ2) is 9.23. The number of nitrogens with two attached hydrogens (primary N) is 1. The Bertz CT molecular complexity index is 694. The second-order valence-corrected chi connectivity index (χ2v) is 7.83. The number of carbonyl (C=O) groups excluding carboxylic acids is 1. The van der Waals surface area contributed by atoms with Crippen molar-refractivity contribution in [2.24, 2.45) is 16.6 Å². The molecule has 0 spiro atoms. The number of rotatable bonds is 6. The molecule has 28 heavy (non-hydrogen) atoms. The monoisotopic (exact) mass is 388 g/mol. The van der Waals surface area contributed by atoms with Crippen LogP contribution in [0.1, 0.15) is 38.2 Å². The van der Waals surface area contributed by atoms with Crippen LogP contribution in [0.4, 0.5) is 5.82 Å². The molecule has 3 heterocycles. The summed E-state index contributed by atoms with van der Waals surface area (Å²) in [5.41, 5.74) is 6.43. The molecule has 2 aliphatic rings. The number of amides is 1. The number of aromatic nitrogens is 1. The van der Waals surface area contributed by atoms with Crippen LogP contribution in [0.5, 0.6) is 0 Å². The summed E-state index contributed by atoms with van der Waals surface area (Å²) in [5.74, 6) is 1.49. The highest BCUT2D eigenvalue weighted by Crippen LogP contribution is 2.25. The molecule has 2 aliphatic heterocycles. The number of piperidine rings is 1. The molecule has 8 heteroatoms. The smallest absolute Gasteiger partial charge is 0.220 e. The van der Waals surface area contributed by atoms with Crippen molar-refractivity contribution in [2.45, 2.75) is 44.8 Å². The van der Waals surface area contributed by atoms with Gasteiger partial charge in [0.15, 0.2) is 5.96 Å². The van der Waals surface area contributed by atoms with E-state index >= 15 is 0 Å². The van der Waals surface area contributed by atoms with Gasteiger partial charge in [-0.25, -0.2) is 4.98 Å². The Morgan fingerprint density at radius 3 is 2.86 bits per heavy atom. The molecule has 0 aromatic carbocycles. The molecule has 1 unspecified atom stereocenters. The largest absolute Gasteiger partial charge is 0.373 e. The maximum Gasteiger partial charge on any atom is 0.220 e. The molecule has 0 aliphatic carbocycles. The minimum atomic E-state index is -0.197. The lowest BCUT2D eigenvalue weighted by Gasteiger charge is -2.32. The number of hydrogen-bond acceptors (Lipinski definition) is 5. The van der Waals surface area contributed by atoms with Crippen molar-refractivity contribution < 1.29 is 9.53 Å². The Morgan fingerprint density at radius 2 is 2.21 bits per heavy atom. The van der Waals surface area contributed by atoms with E-state index in [0.29, 0.717) is 6.54 Å². The highest BCUT2D eigenvalue weighted by molar-refractivity contribution is 5.80. The van der Waals surface area contributed by atoms with Gasteiger partial charge < -0.3 is 26.0 Å². The summed E-state index contributed by atoms with van der Waals surface area (Å²) < 4.78 is 5.83. The van der Waals surface area contributed by atoms with E-state index in [-0.39, 0.29) is 17.4 Å². The van der Waals surface area contributed by atoms with Crippen molar-refractivity contribution >= 4 is 17.7 Å². The zero-order valence-corrected chi connectivity index (χ0v) is 16.9. The lowest BCUT2D eigenvalue weighted by Crippen LogP contribution is -2.45. The van der Waals surface area contributed by atoms with Gasteiger partial charge in [-0.2, -0.15) is 0 Å². The van der Waals surface area contributed by atoms with Crippen LogP contribution in [0.2, 0.25) is 0 Å². The predicted octanol–water partition coefficient (Wildman–Crippen LogP) is 1.02. The summed E-state index contributed by atoms with van der Waals surface area (Å²) in [6.45, 7) is 5.90. The molecule has 3 rings (SSSR count). The summed E-state index contributed by atoms with van der Waals surface area (Å²) >= 11 is 0. The Kier molecular flexibility index (Phi) is 6.72. The van der Waals surface area contributed by atoms with Gasteiger partial charge in [-0.05, 0) is 38.7 Å². The van der Waals surface area contributed by atoms with Gasteiger partial charge in [0.25, 0.3) is 0 Å². The average Bonchev–Trinajstić information content (AvgIpc) is 3.15. The SMILES string of the molecule is CN=C(NCc1cccnc1N1CCC(C(N)=O)CC1)NCC1(C)CCCO1.